The number of hydrogen-bond acceptors (Lipinski definition) is 9. The van der Waals surface area contributed by atoms with Gasteiger partial charge in [-0.25, -0.2) is 13.4 Å². The molecule has 186 valence electrons. The zero-order valence-electron chi connectivity index (χ0n) is 19.8. The van der Waals surface area contributed by atoms with Gasteiger partial charge in [0.05, 0.1) is 9.77 Å². The molecule has 0 aliphatic carbocycles. The van der Waals surface area contributed by atoms with Crippen LogP contribution in [-0.4, -0.2) is 77.9 Å². The molecule has 2 saturated heterocycles. The first-order valence-electron chi connectivity index (χ1n) is 11.7. The Morgan fingerprint density at radius 2 is 1.83 bits per heavy atom. The molecule has 0 atom stereocenters. The fourth-order valence-corrected chi connectivity index (χ4v) is 7.62. The van der Waals surface area contributed by atoms with Crippen LogP contribution in [0.15, 0.2) is 39.9 Å². The van der Waals surface area contributed by atoms with Gasteiger partial charge in [0.15, 0.2) is 0 Å². The van der Waals surface area contributed by atoms with E-state index < -0.39 is 10.0 Å². The largest absolute Gasteiger partial charge is 0.353 e. The molecule has 35 heavy (non-hydrogen) atoms. The number of carbonyl (C=O) groups is 1. The van der Waals surface area contributed by atoms with Crippen LogP contribution in [0.4, 0.5) is 5.82 Å². The minimum Gasteiger partial charge on any atom is -0.353 e. The monoisotopic (exact) mass is 516 g/mol. The molecule has 0 unspecified atom stereocenters. The molecule has 0 N–H and O–H groups in total. The average molecular weight is 517 g/mol. The average Bonchev–Trinajstić information content (AvgIpc) is 3.50. The highest BCUT2D eigenvalue weighted by molar-refractivity contribution is 7.89. The molecular weight excluding hydrogens is 488 g/mol. The van der Waals surface area contributed by atoms with E-state index in [1.54, 1.807) is 26.1 Å². The van der Waals surface area contributed by atoms with Crippen molar-refractivity contribution in [3.05, 3.63) is 41.2 Å². The number of piperazine rings is 1. The Bertz CT molecular complexity index is 1290. The van der Waals surface area contributed by atoms with Crippen LogP contribution in [0.5, 0.6) is 0 Å². The molecule has 5 rings (SSSR count). The van der Waals surface area contributed by atoms with Crippen LogP contribution in [-0.2, 0) is 14.8 Å². The molecule has 0 aromatic carbocycles. The van der Waals surface area contributed by atoms with Crippen LogP contribution in [0.2, 0.25) is 0 Å². The summed E-state index contributed by atoms with van der Waals surface area (Å²) in [5, 5.41) is 3.90. The van der Waals surface area contributed by atoms with Crippen LogP contribution < -0.4 is 4.90 Å². The Balaban J connectivity index is 1.19. The van der Waals surface area contributed by atoms with E-state index in [1.807, 2.05) is 23.1 Å². The first-order chi connectivity index (χ1) is 16.8. The van der Waals surface area contributed by atoms with Crippen molar-refractivity contribution in [3.8, 4) is 10.7 Å². The van der Waals surface area contributed by atoms with Crippen molar-refractivity contribution in [2.24, 2.45) is 5.92 Å². The van der Waals surface area contributed by atoms with E-state index >= 15 is 0 Å². The SMILES string of the molecule is Cc1nc(-c2cc(S(=O)(=O)N3CCC(C(=O)N4CCN(c5ccccn5)CC4)CC3)c(C)s2)no1. The predicted molar refractivity (Wildman–Crippen MR) is 132 cm³/mol. The number of piperidine rings is 1. The maximum absolute atomic E-state index is 13.4. The summed E-state index contributed by atoms with van der Waals surface area (Å²) in [6, 6.07) is 7.46. The molecule has 0 radical (unpaired) electrons. The minimum atomic E-state index is -3.67. The summed E-state index contributed by atoms with van der Waals surface area (Å²) in [6.07, 6.45) is 2.83. The summed E-state index contributed by atoms with van der Waals surface area (Å²) in [6.45, 7) is 6.94. The molecule has 10 nitrogen and oxygen atoms in total. The zero-order valence-corrected chi connectivity index (χ0v) is 21.4. The van der Waals surface area contributed by atoms with Gasteiger partial charge in [-0.15, -0.1) is 11.3 Å². The summed E-state index contributed by atoms with van der Waals surface area (Å²) in [4.78, 5) is 27.5. The Hall–Kier alpha value is -2.83. The van der Waals surface area contributed by atoms with Crippen molar-refractivity contribution < 1.29 is 17.7 Å². The van der Waals surface area contributed by atoms with Gasteiger partial charge in [0, 0.05) is 63.2 Å². The van der Waals surface area contributed by atoms with E-state index in [0.29, 0.717) is 60.5 Å². The topological polar surface area (TPSA) is 113 Å². The maximum Gasteiger partial charge on any atom is 0.244 e. The summed E-state index contributed by atoms with van der Waals surface area (Å²) in [7, 11) is -3.67. The smallest absolute Gasteiger partial charge is 0.244 e. The maximum atomic E-state index is 13.4. The third kappa shape index (κ3) is 4.82. The van der Waals surface area contributed by atoms with Gasteiger partial charge >= 0.3 is 0 Å². The van der Waals surface area contributed by atoms with Gasteiger partial charge < -0.3 is 14.3 Å². The minimum absolute atomic E-state index is 0.129. The molecule has 2 aliphatic rings. The van der Waals surface area contributed by atoms with Crippen molar-refractivity contribution in [2.75, 3.05) is 44.2 Å². The first kappa shape index (κ1) is 23.9. The molecular formula is C23H28N6O4S2. The standard InChI is InChI=1S/C23H28N6O4S2/c1-16-20(15-19(34-16)22-25-17(2)33-26-22)35(31,32)29-9-6-18(7-10-29)23(30)28-13-11-27(12-14-28)21-5-3-4-8-24-21/h3-5,8,15,18H,6-7,9-14H2,1-2H3. The van der Waals surface area contributed by atoms with Gasteiger partial charge in [-0.2, -0.15) is 9.29 Å². The first-order valence-corrected chi connectivity index (χ1v) is 13.9. The molecule has 0 spiro atoms. The van der Waals surface area contributed by atoms with Crippen LogP contribution >= 0.6 is 11.3 Å². The van der Waals surface area contributed by atoms with Crippen LogP contribution in [0.3, 0.4) is 0 Å². The summed E-state index contributed by atoms with van der Waals surface area (Å²) >= 11 is 1.33. The van der Waals surface area contributed by atoms with Crippen LogP contribution in [0.1, 0.15) is 23.6 Å². The number of pyridine rings is 1. The number of nitrogens with zero attached hydrogens (tertiary/aromatic N) is 6. The molecule has 0 bridgehead atoms. The molecule has 12 heteroatoms. The highest BCUT2D eigenvalue weighted by atomic mass is 32.2. The summed E-state index contributed by atoms with van der Waals surface area (Å²) < 4.78 is 33.3. The Morgan fingerprint density at radius 3 is 2.46 bits per heavy atom. The van der Waals surface area contributed by atoms with Crippen molar-refractivity contribution in [1.29, 1.82) is 0 Å². The third-order valence-electron chi connectivity index (χ3n) is 6.61. The van der Waals surface area contributed by atoms with Gasteiger partial charge in [-0.05, 0) is 38.0 Å². The number of rotatable bonds is 5. The van der Waals surface area contributed by atoms with Gasteiger partial charge in [0.1, 0.15) is 5.82 Å². The second-order valence-electron chi connectivity index (χ2n) is 8.85. The lowest BCUT2D eigenvalue weighted by Crippen LogP contribution is -2.52. The Labute approximate surface area is 208 Å². The molecule has 3 aromatic rings. The van der Waals surface area contributed by atoms with E-state index in [9.17, 15) is 13.2 Å². The lowest BCUT2D eigenvalue weighted by Gasteiger charge is -2.38. The molecule has 1 amide bonds. The van der Waals surface area contributed by atoms with Crippen molar-refractivity contribution >= 4 is 33.1 Å². The number of hydrogen-bond donors (Lipinski definition) is 0. The van der Waals surface area contributed by atoms with Gasteiger partial charge in [-0.3, -0.25) is 4.79 Å². The third-order valence-corrected chi connectivity index (χ3v) is 9.81. The Morgan fingerprint density at radius 1 is 1.09 bits per heavy atom. The number of carbonyl (C=O) groups excluding carboxylic acids is 1. The number of amides is 1. The van der Waals surface area contributed by atoms with Gasteiger partial charge in [0.25, 0.3) is 0 Å². The highest BCUT2D eigenvalue weighted by Crippen LogP contribution is 2.35. The van der Waals surface area contributed by atoms with Crippen LogP contribution in [0, 0.1) is 19.8 Å². The molecule has 2 fully saturated rings. The van der Waals surface area contributed by atoms with E-state index in [2.05, 4.69) is 20.0 Å². The van der Waals surface area contributed by atoms with Gasteiger partial charge in [0.2, 0.25) is 27.6 Å². The molecule has 3 aromatic heterocycles. The number of sulfonamides is 1. The molecule has 2 aliphatic heterocycles. The number of aromatic nitrogens is 3. The summed E-state index contributed by atoms with van der Waals surface area (Å²) in [5.74, 6) is 1.73. The van der Waals surface area contributed by atoms with Crippen molar-refractivity contribution in [3.63, 3.8) is 0 Å². The highest BCUT2D eigenvalue weighted by Gasteiger charge is 2.36. The number of aryl methyl sites for hydroxylation is 2. The fraction of sp³-hybridized carbons (Fsp3) is 0.478. The predicted octanol–water partition coefficient (Wildman–Crippen LogP) is 2.56. The van der Waals surface area contributed by atoms with Crippen molar-refractivity contribution in [1.82, 2.24) is 24.3 Å². The number of anilines is 1. The van der Waals surface area contributed by atoms with Crippen LogP contribution in [0.25, 0.3) is 10.7 Å². The van der Waals surface area contributed by atoms with Gasteiger partial charge in [-0.1, -0.05) is 11.2 Å². The lowest BCUT2D eigenvalue weighted by molar-refractivity contribution is -0.137. The second-order valence-corrected chi connectivity index (χ2v) is 12.0. The normalized spacial score (nSPS) is 18.2. The van der Waals surface area contributed by atoms with E-state index in [-0.39, 0.29) is 16.7 Å². The van der Waals surface area contributed by atoms with E-state index in [1.165, 1.54) is 15.6 Å². The Kier molecular flexibility index (Phi) is 6.60. The van der Waals surface area contributed by atoms with E-state index in [4.69, 9.17) is 4.52 Å². The quantitative estimate of drug-likeness (QED) is 0.509. The zero-order chi connectivity index (χ0) is 24.6. The lowest BCUT2D eigenvalue weighted by atomic mass is 9.96. The molecule has 0 saturated carbocycles. The second kappa shape index (κ2) is 9.67. The summed E-state index contributed by atoms with van der Waals surface area (Å²) in [5.41, 5.74) is 0. The molecule has 5 heterocycles. The van der Waals surface area contributed by atoms with Crippen molar-refractivity contribution in [2.45, 2.75) is 31.6 Å². The fourth-order valence-electron chi connectivity index (χ4n) is 4.67. The number of thiophene rings is 1. The van der Waals surface area contributed by atoms with E-state index in [0.717, 1.165) is 18.9 Å².